The lowest BCUT2D eigenvalue weighted by molar-refractivity contribution is 0.0450. The summed E-state index contributed by atoms with van der Waals surface area (Å²) in [6.45, 7) is 3.33. The van der Waals surface area contributed by atoms with Crippen LogP contribution in [0.5, 0.6) is 0 Å². The second-order valence-electron chi connectivity index (χ2n) is 6.22. The molecule has 19 heavy (non-hydrogen) atoms. The number of nitrogens with zero attached hydrogens (tertiary/aromatic N) is 1. The van der Waals surface area contributed by atoms with Crippen LogP contribution in [-0.4, -0.2) is 29.2 Å². The van der Waals surface area contributed by atoms with E-state index < -0.39 is 0 Å². The Kier molecular flexibility index (Phi) is 4.19. The van der Waals surface area contributed by atoms with Gasteiger partial charge >= 0.3 is 0 Å². The maximum atomic E-state index is 10.1. The molecule has 104 valence electrons. The number of aliphatic hydroxyl groups excluding tert-OH is 1. The molecule has 2 heteroatoms. The van der Waals surface area contributed by atoms with Gasteiger partial charge in [0.05, 0.1) is 6.10 Å². The number of fused-ring (bicyclic) bond motifs is 1. The Morgan fingerprint density at radius 1 is 1.05 bits per heavy atom. The largest absolute Gasteiger partial charge is 0.393 e. The predicted octanol–water partition coefficient (Wildman–Crippen LogP) is 2.99. The molecule has 1 aromatic carbocycles. The van der Waals surface area contributed by atoms with Crippen LogP contribution in [0.4, 0.5) is 0 Å². The SMILES string of the molecule is OC1CCCCC1CN1CCCc2ccccc2C1. The minimum absolute atomic E-state index is 0.0627. The van der Waals surface area contributed by atoms with Crippen molar-refractivity contribution in [2.24, 2.45) is 5.92 Å². The first-order valence-electron chi connectivity index (χ1n) is 7.80. The van der Waals surface area contributed by atoms with E-state index in [4.69, 9.17) is 0 Å². The van der Waals surface area contributed by atoms with E-state index in [9.17, 15) is 5.11 Å². The second kappa shape index (κ2) is 6.06. The molecule has 0 radical (unpaired) electrons. The van der Waals surface area contributed by atoms with Crippen LogP contribution in [0.2, 0.25) is 0 Å². The maximum absolute atomic E-state index is 10.1. The first-order valence-corrected chi connectivity index (χ1v) is 7.80. The van der Waals surface area contributed by atoms with Gasteiger partial charge in [0.2, 0.25) is 0 Å². The van der Waals surface area contributed by atoms with Crippen molar-refractivity contribution in [1.82, 2.24) is 4.90 Å². The van der Waals surface area contributed by atoms with Crippen LogP contribution >= 0.6 is 0 Å². The summed E-state index contributed by atoms with van der Waals surface area (Å²) < 4.78 is 0. The van der Waals surface area contributed by atoms with E-state index in [0.717, 1.165) is 19.5 Å². The molecule has 1 aliphatic heterocycles. The van der Waals surface area contributed by atoms with E-state index in [1.165, 1.54) is 49.8 Å². The van der Waals surface area contributed by atoms with Crippen molar-refractivity contribution in [2.45, 2.75) is 51.2 Å². The molecule has 0 aromatic heterocycles. The topological polar surface area (TPSA) is 23.5 Å². The summed E-state index contributed by atoms with van der Waals surface area (Å²) in [5.41, 5.74) is 3.01. The highest BCUT2D eigenvalue weighted by atomic mass is 16.3. The minimum Gasteiger partial charge on any atom is -0.393 e. The van der Waals surface area contributed by atoms with Gasteiger partial charge in [-0.2, -0.15) is 0 Å². The quantitative estimate of drug-likeness (QED) is 0.882. The molecule has 0 amide bonds. The van der Waals surface area contributed by atoms with Gasteiger partial charge in [-0.3, -0.25) is 4.90 Å². The highest BCUT2D eigenvalue weighted by molar-refractivity contribution is 5.28. The van der Waals surface area contributed by atoms with Crippen molar-refractivity contribution in [3.05, 3.63) is 35.4 Å². The number of hydrogen-bond donors (Lipinski definition) is 1. The van der Waals surface area contributed by atoms with Crippen molar-refractivity contribution < 1.29 is 5.11 Å². The minimum atomic E-state index is -0.0627. The Bertz CT molecular complexity index is 417. The predicted molar refractivity (Wildman–Crippen MR) is 78.0 cm³/mol. The van der Waals surface area contributed by atoms with Gasteiger partial charge in [-0.05, 0) is 49.3 Å². The zero-order valence-electron chi connectivity index (χ0n) is 11.7. The van der Waals surface area contributed by atoms with Crippen molar-refractivity contribution in [2.75, 3.05) is 13.1 Å². The second-order valence-corrected chi connectivity index (χ2v) is 6.22. The molecular weight excluding hydrogens is 234 g/mol. The van der Waals surface area contributed by atoms with Crippen LogP contribution in [-0.2, 0) is 13.0 Å². The molecule has 3 rings (SSSR count). The monoisotopic (exact) mass is 259 g/mol. The Labute approximate surface area is 116 Å². The molecule has 0 bridgehead atoms. The van der Waals surface area contributed by atoms with E-state index in [1.807, 2.05) is 0 Å². The van der Waals surface area contributed by atoms with E-state index in [-0.39, 0.29) is 6.10 Å². The summed E-state index contributed by atoms with van der Waals surface area (Å²) in [4.78, 5) is 2.56. The summed E-state index contributed by atoms with van der Waals surface area (Å²) in [6.07, 6.45) is 7.12. The van der Waals surface area contributed by atoms with Gasteiger partial charge < -0.3 is 5.11 Å². The van der Waals surface area contributed by atoms with E-state index in [0.29, 0.717) is 5.92 Å². The molecule has 2 atom stereocenters. The lowest BCUT2D eigenvalue weighted by atomic mass is 9.86. The van der Waals surface area contributed by atoms with Crippen molar-refractivity contribution >= 4 is 0 Å². The smallest absolute Gasteiger partial charge is 0.0580 e. The molecule has 1 aliphatic carbocycles. The van der Waals surface area contributed by atoms with Crippen molar-refractivity contribution in [3.63, 3.8) is 0 Å². The van der Waals surface area contributed by atoms with E-state index in [1.54, 1.807) is 0 Å². The molecule has 0 spiro atoms. The Morgan fingerprint density at radius 3 is 2.68 bits per heavy atom. The molecule has 1 saturated carbocycles. The third-order valence-corrected chi connectivity index (χ3v) is 4.79. The number of hydrogen-bond acceptors (Lipinski definition) is 2. The van der Waals surface area contributed by atoms with Crippen LogP contribution < -0.4 is 0 Å². The molecule has 1 heterocycles. The highest BCUT2D eigenvalue weighted by Gasteiger charge is 2.25. The van der Waals surface area contributed by atoms with Gasteiger partial charge in [-0.1, -0.05) is 37.1 Å². The summed E-state index contributed by atoms with van der Waals surface area (Å²) in [7, 11) is 0. The first-order chi connectivity index (χ1) is 9.33. The molecule has 2 nitrogen and oxygen atoms in total. The fourth-order valence-electron chi connectivity index (χ4n) is 3.66. The lowest BCUT2D eigenvalue weighted by Crippen LogP contribution is -2.36. The summed E-state index contributed by atoms with van der Waals surface area (Å²) in [5.74, 6) is 0.499. The summed E-state index contributed by atoms with van der Waals surface area (Å²) >= 11 is 0. The van der Waals surface area contributed by atoms with Gasteiger partial charge in [0.1, 0.15) is 0 Å². The number of aryl methyl sites for hydroxylation is 1. The maximum Gasteiger partial charge on any atom is 0.0580 e. The van der Waals surface area contributed by atoms with Crippen LogP contribution in [0, 0.1) is 5.92 Å². The standard InChI is InChI=1S/C17H25NO/c19-17-10-4-3-8-16(17)13-18-11-5-9-14-6-1-2-7-15(14)12-18/h1-2,6-7,16-17,19H,3-5,8-13H2. The normalized spacial score (nSPS) is 28.7. The number of benzene rings is 1. The van der Waals surface area contributed by atoms with Crippen LogP contribution in [0.15, 0.2) is 24.3 Å². The average molecular weight is 259 g/mol. The van der Waals surface area contributed by atoms with Gasteiger partial charge in [0, 0.05) is 13.1 Å². The molecule has 1 aromatic rings. The zero-order chi connectivity index (χ0) is 13.1. The van der Waals surface area contributed by atoms with Gasteiger partial charge in [-0.15, -0.1) is 0 Å². The Balaban J connectivity index is 1.65. The van der Waals surface area contributed by atoms with E-state index >= 15 is 0 Å². The Morgan fingerprint density at radius 2 is 1.84 bits per heavy atom. The number of rotatable bonds is 2. The molecule has 2 aliphatic rings. The molecule has 1 fully saturated rings. The average Bonchev–Trinajstić information content (AvgIpc) is 2.63. The fourth-order valence-corrected chi connectivity index (χ4v) is 3.66. The van der Waals surface area contributed by atoms with E-state index in [2.05, 4.69) is 29.2 Å². The highest BCUT2D eigenvalue weighted by Crippen LogP contribution is 2.27. The summed E-state index contributed by atoms with van der Waals surface area (Å²) in [6, 6.07) is 8.84. The van der Waals surface area contributed by atoms with Gasteiger partial charge in [0.15, 0.2) is 0 Å². The number of aliphatic hydroxyl groups is 1. The van der Waals surface area contributed by atoms with Gasteiger partial charge in [0.25, 0.3) is 0 Å². The zero-order valence-corrected chi connectivity index (χ0v) is 11.7. The third-order valence-electron chi connectivity index (χ3n) is 4.79. The Hall–Kier alpha value is -0.860. The van der Waals surface area contributed by atoms with Crippen LogP contribution in [0.1, 0.15) is 43.2 Å². The van der Waals surface area contributed by atoms with Crippen LogP contribution in [0.3, 0.4) is 0 Å². The van der Waals surface area contributed by atoms with Crippen LogP contribution in [0.25, 0.3) is 0 Å². The third kappa shape index (κ3) is 3.18. The first kappa shape index (κ1) is 13.1. The molecule has 2 unspecified atom stereocenters. The molecular formula is C17H25NO. The fraction of sp³-hybridized carbons (Fsp3) is 0.647. The van der Waals surface area contributed by atoms with Crippen molar-refractivity contribution in [1.29, 1.82) is 0 Å². The molecule has 0 saturated heterocycles. The van der Waals surface area contributed by atoms with Crippen molar-refractivity contribution in [3.8, 4) is 0 Å². The van der Waals surface area contributed by atoms with Gasteiger partial charge in [-0.25, -0.2) is 0 Å². The summed E-state index contributed by atoms with van der Waals surface area (Å²) in [5, 5.41) is 10.1. The lowest BCUT2D eigenvalue weighted by Gasteiger charge is -2.32. The molecule has 1 N–H and O–H groups in total.